The van der Waals surface area contributed by atoms with E-state index in [1.54, 1.807) is 18.2 Å². The molecule has 2 aromatic heterocycles. The van der Waals surface area contributed by atoms with Gasteiger partial charge in [-0.1, -0.05) is 40.9 Å². The van der Waals surface area contributed by atoms with Crippen molar-refractivity contribution in [3.05, 3.63) is 60.9 Å². The fourth-order valence-corrected chi connectivity index (χ4v) is 3.96. The van der Waals surface area contributed by atoms with E-state index in [4.69, 9.17) is 34.8 Å². The molecule has 0 fully saturated rings. The lowest BCUT2D eigenvalue weighted by Crippen LogP contribution is -2.17. The van der Waals surface area contributed by atoms with Crippen LogP contribution in [0.2, 0.25) is 15.1 Å². The van der Waals surface area contributed by atoms with E-state index in [-0.39, 0.29) is 40.5 Å². The summed E-state index contributed by atoms with van der Waals surface area (Å²) in [7, 11) is 0. The molecule has 0 aliphatic heterocycles. The van der Waals surface area contributed by atoms with Crippen molar-refractivity contribution < 1.29 is 18.0 Å². The summed E-state index contributed by atoms with van der Waals surface area (Å²) in [5.74, 6) is -0.369. The third-order valence-corrected chi connectivity index (χ3v) is 6.24. The second-order valence-corrected chi connectivity index (χ2v) is 8.51. The molecule has 1 aromatic carbocycles. The zero-order chi connectivity index (χ0) is 22.9. The van der Waals surface area contributed by atoms with Crippen LogP contribution < -0.4 is 5.32 Å². The monoisotopic (exact) mass is 557 g/mol. The van der Waals surface area contributed by atoms with Gasteiger partial charge in [-0.15, -0.1) is 0 Å². The van der Waals surface area contributed by atoms with E-state index in [9.17, 15) is 18.0 Å². The first kappa shape index (κ1) is 23.9. The minimum atomic E-state index is -4.60. The lowest BCUT2D eigenvalue weighted by atomic mass is 10.2. The van der Waals surface area contributed by atoms with E-state index in [1.807, 2.05) is 0 Å². The molecule has 0 aliphatic rings. The van der Waals surface area contributed by atoms with Gasteiger partial charge in [0.25, 0.3) is 0 Å². The number of amides is 1. The van der Waals surface area contributed by atoms with Crippen LogP contribution in [0.4, 0.5) is 19.0 Å². The molecule has 1 amide bonds. The van der Waals surface area contributed by atoms with Gasteiger partial charge in [0, 0.05) is 28.2 Å². The van der Waals surface area contributed by atoms with Crippen molar-refractivity contribution in [1.29, 1.82) is 0 Å². The lowest BCUT2D eigenvalue weighted by molar-refractivity contribution is -0.142. The molecule has 0 bridgehead atoms. The molecule has 31 heavy (non-hydrogen) atoms. The van der Waals surface area contributed by atoms with Crippen LogP contribution in [0.3, 0.4) is 0 Å². The molecule has 0 radical (unpaired) electrons. The van der Waals surface area contributed by atoms with Crippen molar-refractivity contribution in [2.24, 2.45) is 0 Å². The van der Waals surface area contributed by atoms with Gasteiger partial charge in [0.2, 0.25) is 5.91 Å². The Bertz CT molecular complexity index is 1110. The van der Waals surface area contributed by atoms with Crippen LogP contribution in [0.1, 0.15) is 23.4 Å². The second-order valence-electron chi connectivity index (χ2n) is 6.49. The quantitative estimate of drug-likeness (QED) is 0.391. The third kappa shape index (κ3) is 5.54. The molecule has 13 heteroatoms. The summed E-state index contributed by atoms with van der Waals surface area (Å²) in [5.41, 5.74) is -0.132. The fourth-order valence-electron chi connectivity index (χ4n) is 2.73. The molecule has 0 saturated heterocycles. The van der Waals surface area contributed by atoms with Gasteiger partial charge in [0.15, 0.2) is 11.5 Å². The van der Waals surface area contributed by atoms with Crippen molar-refractivity contribution in [3.63, 3.8) is 0 Å². The highest BCUT2D eigenvalue weighted by Crippen LogP contribution is 2.35. The van der Waals surface area contributed by atoms with Gasteiger partial charge < -0.3 is 5.32 Å². The van der Waals surface area contributed by atoms with Gasteiger partial charge in [0.05, 0.1) is 23.3 Å². The van der Waals surface area contributed by atoms with E-state index in [0.717, 1.165) is 4.68 Å². The smallest absolute Gasteiger partial charge is 0.308 e. The number of nitrogens with one attached hydrogen (secondary N) is 1. The number of benzene rings is 1. The average molecular weight is 560 g/mol. The summed E-state index contributed by atoms with van der Waals surface area (Å²) in [5, 5.41) is 11.4. The Morgan fingerprint density at radius 3 is 2.39 bits per heavy atom. The molecule has 0 saturated carbocycles. The van der Waals surface area contributed by atoms with Crippen molar-refractivity contribution in [2.45, 2.75) is 32.6 Å². The Labute approximate surface area is 198 Å². The van der Waals surface area contributed by atoms with Crippen LogP contribution in [-0.4, -0.2) is 25.5 Å². The molecule has 0 unspecified atom stereocenters. The van der Waals surface area contributed by atoms with Crippen molar-refractivity contribution in [3.8, 4) is 0 Å². The molecular weight excluding hydrogens is 545 g/mol. The van der Waals surface area contributed by atoms with Crippen LogP contribution in [0, 0.1) is 6.92 Å². The van der Waals surface area contributed by atoms with Gasteiger partial charge in [-0.3, -0.25) is 14.2 Å². The SMILES string of the molecule is Cc1c(Br)c(C(F)(F)F)nn1CCC(=O)Nc1nn(Cc2c(Cl)cccc2Cl)cc1Cl. The number of carbonyl (C=O) groups is 1. The number of hydrogen-bond acceptors (Lipinski definition) is 3. The molecule has 6 nitrogen and oxygen atoms in total. The summed E-state index contributed by atoms with van der Waals surface area (Å²) in [6, 6.07) is 5.10. The van der Waals surface area contributed by atoms with Gasteiger partial charge >= 0.3 is 6.18 Å². The molecule has 3 aromatic rings. The average Bonchev–Trinajstić information content (AvgIpc) is 3.16. The fraction of sp³-hybridized carbons (Fsp3) is 0.278. The topological polar surface area (TPSA) is 64.7 Å². The predicted molar refractivity (Wildman–Crippen MR) is 116 cm³/mol. The number of alkyl halides is 3. The second kappa shape index (κ2) is 9.40. The molecule has 2 heterocycles. The van der Waals surface area contributed by atoms with E-state index >= 15 is 0 Å². The minimum absolute atomic E-state index is 0.0556. The number of anilines is 1. The molecular formula is C18H14BrCl3F3N5O. The summed E-state index contributed by atoms with van der Waals surface area (Å²) in [6.07, 6.45) is -3.23. The highest BCUT2D eigenvalue weighted by atomic mass is 79.9. The van der Waals surface area contributed by atoms with E-state index in [1.165, 1.54) is 17.8 Å². The minimum Gasteiger partial charge on any atom is -0.308 e. The maximum Gasteiger partial charge on any atom is 0.436 e. The third-order valence-electron chi connectivity index (χ3n) is 4.31. The Balaban J connectivity index is 1.66. The highest BCUT2D eigenvalue weighted by Gasteiger charge is 2.37. The number of aromatic nitrogens is 4. The van der Waals surface area contributed by atoms with E-state index < -0.39 is 17.8 Å². The van der Waals surface area contributed by atoms with Crippen LogP contribution in [0.25, 0.3) is 0 Å². The molecule has 1 N–H and O–H groups in total. The van der Waals surface area contributed by atoms with Crippen molar-refractivity contribution in [2.75, 3.05) is 5.32 Å². The van der Waals surface area contributed by atoms with E-state index in [2.05, 4.69) is 31.4 Å². The number of carbonyl (C=O) groups excluding carboxylic acids is 1. The van der Waals surface area contributed by atoms with Crippen LogP contribution in [0.15, 0.2) is 28.9 Å². The van der Waals surface area contributed by atoms with Gasteiger partial charge in [0.1, 0.15) is 5.02 Å². The van der Waals surface area contributed by atoms with Crippen LogP contribution in [0.5, 0.6) is 0 Å². The van der Waals surface area contributed by atoms with Gasteiger partial charge in [-0.2, -0.15) is 23.4 Å². The molecule has 166 valence electrons. The number of hydrogen-bond donors (Lipinski definition) is 1. The first-order valence-corrected chi connectivity index (χ1v) is 10.7. The molecule has 0 spiro atoms. The van der Waals surface area contributed by atoms with E-state index in [0.29, 0.717) is 15.6 Å². The lowest BCUT2D eigenvalue weighted by Gasteiger charge is -2.07. The molecule has 3 rings (SSSR count). The number of nitrogens with zero attached hydrogens (tertiary/aromatic N) is 4. The largest absolute Gasteiger partial charge is 0.436 e. The molecule has 0 atom stereocenters. The maximum atomic E-state index is 13.0. The van der Waals surface area contributed by atoms with Crippen LogP contribution >= 0.6 is 50.7 Å². The Hall–Kier alpha value is -1.75. The summed E-state index contributed by atoms with van der Waals surface area (Å²) >= 11 is 21.3. The number of halogens is 7. The Morgan fingerprint density at radius 1 is 1.16 bits per heavy atom. The summed E-state index contributed by atoms with van der Waals surface area (Å²) < 4.78 is 41.3. The first-order chi connectivity index (χ1) is 14.5. The maximum absolute atomic E-state index is 13.0. The Morgan fingerprint density at radius 2 is 1.81 bits per heavy atom. The standard InChI is InChI=1S/C18H14BrCl3F3N5O/c1-9-15(19)16(18(23,24)25)27-30(9)6-5-14(31)26-17-13(22)8-29(28-17)7-10-11(20)3-2-4-12(10)21/h2-4,8H,5-7H2,1H3,(H,26,28,31). The van der Waals surface area contributed by atoms with Crippen molar-refractivity contribution >= 4 is 62.5 Å². The summed E-state index contributed by atoms with van der Waals surface area (Å²) in [4.78, 5) is 12.3. The molecule has 0 aliphatic carbocycles. The zero-order valence-electron chi connectivity index (χ0n) is 15.8. The van der Waals surface area contributed by atoms with Gasteiger partial charge in [-0.05, 0) is 35.0 Å². The number of aryl methyl sites for hydroxylation is 1. The zero-order valence-corrected chi connectivity index (χ0v) is 19.6. The number of rotatable bonds is 6. The normalized spacial score (nSPS) is 11.7. The first-order valence-electron chi connectivity index (χ1n) is 8.73. The van der Waals surface area contributed by atoms with Crippen LogP contribution in [-0.2, 0) is 24.1 Å². The Kier molecular flexibility index (Phi) is 7.25. The highest BCUT2D eigenvalue weighted by molar-refractivity contribution is 9.10. The van der Waals surface area contributed by atoms with Gasteiger partial charge in [-0.25, -0.2) is 0 Å². The predicted octanol–water partition coefficient (Wildman–Crippen LogP) is 6.21. The summed E-state index contributed by atoms with van der Waals surface area (Å²) in [6.45, 7) is 1.65. The van der Waals surface area contributed by atoms with Crippen molar-refractivity contribution in [1.82, 2.24) is 19.6 Å².